The number of ketones is 1. The summed E-state index contributed by atoms with van der Waals surface area (Å²) < 4.78 is 6.28. The van der Waals surface area contributed by atoms with E-state index in [9.17, 15) is 9.90 Å². The van der Waals surface area contributed by atoms with Crippen LogP contribution < -0.4 is 11.5 Å². The van der Waals surface area contributed by atoms with Gasteiger partial charge in [-0.2, -0.15) is 0 Å². The van der Waals surface area contributed by atoms with Gasteiger partial charge in [-0.15, -0.1) is 0 Å². The molecule has 5 N–H and O–H groups in total. The number of rotatable bonds is 5. The van der Waals surface area contributed by atoms with Crippen molar-refractivity contribution < 1.29 is 14.6 Å². The Labute approximate surface area is 192 Å². The van der Waals surface area contributed by atoms with Crippen molar-refractivity contribution in [2.45, 2.75) is 56.0 Å². The first kappa shape index (κ1) is 21.6. The van der Waals surface area contributed by atoms with Gasteiger partial charge < -0.3 is 21.3 Å². The molecule has 1 aliphatic carbocycles. The lowest BCUT2D eigenvalue weighted by atomic mass is 9.82. The molecule has 0 amide bonds. The number of anilines is 1. The number of fused-ring (bicyclic) bond motifs is 1. The van der Waals surface area contributed by atoms with Gasteiger partial charge in [0.15, 0.2) is 11.6 Å². The van der Waals surface area contributed by atoms with E-state index in [-0.39, 0.29) is 42.0 Å². The third-order valence-corrected chi connectivity index (χ3v) is 6.81. The monoisotopic (exact) mass is 445 g/mol. The standard InChI is InChI=1S/C25H27N5O3/c26-21-12-20(33-22-7-4-9-25(21,22)32)17-8-10-28-13-16(17)11-19(31)23-24(27)29-14-18(30-23)15-5-2-1-3-6-15/h1-3,5-6,8,10,13-14,20-22,32H,4,7,9,11-12,26H2,(H2,27,29)/t20-,21-,22-,25+/m0/s1. The molecule has 1 aliphatic heterocycles. The predicted molar refractivity (Wildman–Crippen MR) is 123 cm³/mol. The Bertz CT molecular complexity index is 1170. The number of nitrogens with zero attached hydrogens (tertiary/aromatic N) is 3. The van der Waals surface area contributed by atoms with Crippen LogP contribution in [0.15, 0.2) is 55.0 Å². The summed E-state index contributed by atoms with van der Waals surface area (Å²) in [6, 6.07) is 11.0. The molecule has 3 heterocycles. The lowest BCUT2D eigenvalue weighted by Crippen LogP contribution is -2.58. The maximum Gasteiger partial charge on any atom is 0.189 e. The largest absolute Gasteiger partial charge is 0.386 e. The predicted octanol–water partition coefficient (Wildman–Crippen LogP) is 2.62. The van der Waals surface area contributed by atoms with Crippen molar-refractivity contribution in [2.75, 3.05) is 5.73 Å². The molecule has 8 nitrogen and oxygen atoms in total. The van der Waals surface area contributed by atoms with E-state index in [1.165, 1.54) is 0 Å². The molecule has 0 radical (unpaired) electrons. The summed E-state index contributed by atoms with van der Waals surface area (Å²) in [5, 5.41) is 10.9. The highest BCUT2D eigenvalue weighted by Crippen LogP contribution is 2.45. The Kier molecular flexibility index (Phi) is 5.65. The maximum atomic E-state index is 13.2. The molecule has 2 fully saturated rings. The highest BCUT2D eigenvalue weighted by molar-refractivity contribution is 5.99. The average Bonchev–Trinajstić information content (AvgIpc) is 3.22. The van der Waals surface area contributed by atoms with Crippen LogP contribution in [0.4, 0.5) is 5.82 Å². The van der Waals surface area contributed by atoms with Crippen molar-refractivity contribution in [1.29, 1.82) is 0 Å². The minimum absolute atomic E-state index is 0.0599. The van der Waals surface area contributed by atoms with Gasteiger partial charge in [0.05, 0.1) is 24.1 Å². The van der Waals surface area contributed by atoms with Crippen molar-refractivity contribution in [2.24, 2.45) is 5.73 Å². The average molecular weight is 446 g/mol. The van der Waals surface area contributed by atoms with Crippen molar-refractivity contribution in [3.63, 3.8) is 0 Å². The zero-order valence-electron chi connectivity index (χ0n) is 18.2. The number of hydrogen-bond donors (Lipinski definition) is 3. The number of aliphatic hydroxyl groups is 1. The fourth-order valence-electron chi connectivity index (χ4n) is 4.99. The molecule has 3 aromatic rings. The smallest absolute Gasteiger partial charge is 0.189 e. The van der Waals surface area contributed by atoms with E-state index in [1.54, 1.807) is 18.6 Å². The number of benzene rings is 1. The van der Waals surface area contributed by atoms with Gasteiger partial charge in [0.25, 0.3) is 0 Å². The number of nitrogen functional groups attached to an aromatic ring is 1. The Morgan fingerprint density at radius 1 is 1.21 bits per heavy atom. The molecule has 2 aliphatic rings. The van der Waals surface area contributed by atoms with Crippen LogP contribution in [0.2, 0.25) is 0 Å². The molecule has 33 heavy (non-hydrogen) atoms. The molecule has 1 saturated carbocycles. The summed E-state index contributed by atoms with van der Waals surface area (Å²) in [6.07, 6.45) is 7.16. The van der Waals surface area contributed by atoms with Crippen LogP contribution in [0.3, 0.4) is 0 Å². The molecule has 1 saturated heterocycles. The van der Waals surface area contributed by atoms with Gasteiger partial charge in [-0.3, -0.25) is 9.78 Å². The molecule has 0 unspecified atom stereocenters. The van der Waals surface area contributed by atoms with Gasteiger partial charge in [0.2, 0.25) is 0 Å². The first-order valence-electron chi connectivity index (χ1n) is 11.2. The molecule has 0 spiro atoms. The second kappa shape index (κ2) is 8.62. The first-order chi connectivity index (χ1) is 16.0. The summed E-state index contributed by atoms with van der Waals surface area (Å²) in [7, 11) is 0. The molecule has 1 aromatic carbocycles. The molecule has 2 aromatic heterocycles. The van der Waals surface area contributed by atoms with Crippen LogP contribution in [0.25, 0.3) is 11.3 Å². The van der Waals surface area contributed by atoms with E-state index in [0.29, 0.717) is 18.5 Å². The van der Waals surface area contributed by atoms with E-state index in [4.69, 9.17) is 16.2 Å². The molecule has 4 atom stereocenters. The van der Waals surface area contributed by atoms with E-state index in [2.05, 4.69) is 15.0 Å². The number of nitrogens with two attached hydrogens (primary N) is 2. The van der Waals surface area contributed by atoms with E-state index in [1.807, 2.05) is 36.4 Å². The SMILES string of the molecule is Nc1ncc(-c2ccccc2)nc1C(=O)Cc1cnccc1[C@@H]1C[C@H](N)[C@]2(O)CCC[C@@H]2O1. The second-order valence-electron chi connectivity index (χ2n) is 8.87. The number of ether oxygens (including phenoxy) is 1. The molecule has 5 rings (SSSR count). The number of Topliss-reactive ketones (excluding diaryl/α,β-unsaturated/α-hetero) is 1. The van der Waals surface area contributed by atoms with E-state index >= 15 is 0 Å². The van der Waals surface area contributed by atoms with Crippen molar-refractivity contribution >= 4 is 11.6 Å². The Morgan fingerprint density at radius 2 is 2.03 bits per heavy atom. The minimum atomic E-state index is -0.971. The molecular formula is C25H27N5O3. The first-order valence-corrected chi connectivity index (χ1v) is 11.2. The van der Waals surface area contributed by atoms with Crippen molar-refractivity contribution in [3.8, 4) is 11.3 Å². The number of hydrogen-bond acceptors (Lipinski definition) is 8. The van der Waals surface area contributed by atoms with Gasteiger partial charge in [0, 0.05) is 30.4 Å². The normalized spacial score (nSPS) is 26.7. The van der Waals surface area contributed by atoms with Gasteiger partial charge >= 0.3 is 0 Å². The molecule has 0 bridgehead atoms. The lowest BCUT2D eigenvalue weighted by molar-refractivity contribution is -0.171. The van der Waals surface area contributed by atoms with Crippen LogP contribution in [0, 0.1) is 0 Å². The maximum absolute atomic E-state index is 13.2. The summed E-state index contributed by atoms with van der Waals surface area (Å²) in [5.74, 6) is -0.151. The topological polar surface area (TPSA) is 137 Å². The highest BCUT2D eigenvalue weighted by Gasteiger charge is 2.51. The fourth-order valence-corrected chi connectivity index (χ4v) is 4.99. The summed E-state index contributed by atoms with van der Waals surface area (Å²) in [5.41, 5.74) is 14.6. The van der Waals surface area contributed by atoms with Crippen LogP contribution in [0.1, 0.15) is 53.4 Å². The van der Waals surface area contributed by atoms with Crippen molar-refractivity contribution in [3.05, 3.63) is 71.8 Å². The number of pyridine rings is 1. The fraction of sp³-hybridized carbons (Fsp3) is 0.360. The van der Waals surface area contributed by atoms with Crippen LogP contribution in [0.5, 0.6) is 0 Å². The summed E-state index contributed by atoms with van der Waals surface area (Å²) in [4.78, 5) is 26.2. The molecular weight excluding hydrogens is 418 g/mol. The van der Waals surface area contributed by atoms with Crippen LogP contribution in [-0.4, -0.2) is 43.6 Å². The molecule has 8 heteroatoms. The number of carbonyl (C=O) groups excluding carboxylic acids is 1. The third kappa shape index (κ3) is 4.01. The Morgan fingerprint density at radius 3 is 2.85 bits per heavy atom. The van der Waals surface area contributed by atoms with E-state index < -0.39 is 5.60 Å². The number of aromatic nitrogens is 3. The second-order valence-corrected chi connectivity index (χ2v) is 8.87. The number of carbonyl (C=O) groups is 1. The van der Waals surface area contributed by atoms with Crippen LogP contribution >= 0.6 is 0 Å². The lowest BCUT2D eigenvalue weighted by Gasteiger charge is -2.44. The zero-order valence-corrected chi connectivity index (χ0v) is 18.2. The van der Waals surface area contributed by atoms with Gasteiger partial charge in [-0.25, -0.2) is 9.97 Å². The third-order valence-electron chi connectivity index (χ3n) is 6.81. The zero-order chi connectivity index (χ0) is 23.0. The summed E-state index contributed by atoms with van der Waals surface area (Å²) in [6.45, 7) is 0. The highest BCUT2D eigenvalue weighted by atomic mass is 16.5. The van der Waals surface area contributed by atoms with Gasteiger partial charge in [0.1, 0.15) is 11.3 Å². The molecule has 170 valence electrons. The summed E-state index contributed by atoms with van der Waals surface area (Å²) >= 11 is 0. The minimum Gasteiger partial charge on any atom is -0.386 e. The van der Waals surface area contributed by atoms with Gasteiger partial charge in [-0.05, 0) is 42.9 Å². The van der Waals surface area contributed by atoms with Crippen LogP contribution in [-0.2, 0) is 11.2 Å². The Hall–Kier alpha value is -3.20. The van der Waals surface area contributed by atoms with Crippen molar-refractivity contribution in [1.82, 2.24) is 15.0 Å². The van der Waals surface area contributed by atoms with E-state index in [0.717, 1.165) is 29.5 Å². The Balaban J connectivity index is 1.41. The quantitative estimate of drug-likeness (QED) is 0.510. The van der Waals surface area contributed by atoms with Gasteiger partial charge in [-0.1, -0.05) is 30.3 Å².